The van der Waals surface area contributed by atoms with E-state index in [9.17, 15) is 0 Å². The Labute approximate surface area is 163 Å². The lowest BCUT2D eigenvalue weighted by molar-refractivity contribution is 0.354. The van der Waals surface area contributed by atoms with Gasteiger partial charge in [0.2, 0.25) is 0 Å². The van der Waals surface area contributed by atoms with Crippen molar-refractivity contribution in [1.82, 2.24) is 5.32 Å². The first-order valence-electron chi connectivity index (χ1n) is 8.05. The number of ether oxygens (including phenoxy) is 2. The largest absolute Gasteiger partial charge is 0.493 e. The molecule has 0 saturated heterocycles. The van der Waals surface area contributed by atoms with Gasteiger partial charge in [-0.2, -0.15) is 0 Å². The molecule has 0 unspecified atom stereocenters. The van der Waals surface area contributed by atoms with Crippen LogP contribution in [0, 0.1) is 6.92 Å². The molecule has 0 spiro atoms. The predicted octanol–water partition coefficient (Wildman–Crippen LogP) is 4.69. The molecule has 0 amide bonds. The van der Waals surface area contributed by atoms with Gasteiger partial charge in [0.25, 0.3) is 0 Å². The first kappa shape index (κ1) is 19.5. The lowest BCUT2D eigenvalue weighted by atomic mass is 10.1. The maximum absolute atomic E-state index is 5.34. The molecular formula is C19H23BrN2O2S. The Balaban J connectivity index is 1.77. The molecule has 0 aliphatic heterocycles. The SMILES string of the molecule is COc1ccc(CCCNC(=S)Nc2ccc(Br)c(C)c2)cc1OC. The van der Waals surface area contributed by atoms with Crippen LogP contribution in [0.1, 0.15) is 17.5 Å². The topological polar surface area (TPSA) is 42.5 Å². The number of anilines is 1. The van der Waals surface area contributed by atoms with Crippen LogP contribution in [0.2, 0.25) is 0 Å². The highest BCUT2D eigenvalue weighted by molar-refractivity contribution is 9.10. The lowest BCUT2D eigenvalue weighted by Crippen LogP contribution is -2.29. The maximum Gasteiger partial charge on any atom is 0.170 e. The summed E-state index contributed by atoms with van der Waals surface area (Å²) >= 11 is 8.84. The number of rotatable bonds is 7. The van der Waals surface area contributed by atoms with Crippen LogP contribution in [-0.2, 0) is 6.42 Å². The molecule has 6 heteroatoms. The average Bonchev–Trinajstić information content (AvgIpc) is 2.61. The van der Waals surface area contributed by atoms with Crippen molar-refractivity contribution in [1.29, 1.82) is 0 Å². The molecule has 25 heavy (non-hydrogen) atoms. The van der Waals surface area contributed by atoms with E-state index in [1.54, 1.807) is 14.2 Å². The zero-order valence-electron chi connectivity index (χ0n) is 14.7. The summed E-state index contributed by atoms with van der Waals surface area (Å²) in [4.78, 5) is 0. The zero-order valence-corrected chi connectivity index (χ0v) is 17.1. The third-order valence-corrected chi connectivity index (χ3v) is 4.93. The quantitative estimate of drug-likeness (QED) is 0.500. The lowest BCUT2D eigenvalue weighted by Gasteiger charge is -2.12. The van der Waals surface area contributed by atoms with E-state index in [4.69, 9.17) is 21.7 Å². The van der Waals surface area contributed by atoms with Gasteiger partial charge >= 0.3 is 0 Å². The Bertz CT molecular complexity index is 737. The Kier molecular flexibility index (Phi) is 7.52. The van der Waals surface area contributed by atoms with Gasteiger partial charge in [0, 0.05) is 16.7 Å². The molecule has 0 saturated carbocycles. The van der Waals surface area contributed by atoms with E-state index >= 15 is 0 Å². The monoisotopic (exact) mass is 422 g/mol. The second-order valence-electron chi connectivity index (χ2n) is 5.64. The van der Waals surface area contributed by atoms with Gasteiger partial charge in [-0.25, -0.2) is 0 Å². The third kappa shape index (κ3) is 5.90. The van der Waals surface area contributed by atoms with Gasteiger partial charge in [-0.1, -0.05) is 22.0 Å². The standard InChI is InChI=1S/C19H23BrN2O2S/c1-13-11-15(7-8-16(13)20)22-19(25)21-10-4-5-14-6-9-17(23-2)18(12-14)24-3/h6-9,11-12H,4-5,10H2,1-3H3,(H2,21,22,25). The van der Waals surface area contributed by atoms with E-state index in [-0.39, 0.29) is 0 Å². The minimum atomic E-state index is 0.633. The van der Waals surface area contributed by atoms with Crippen LogP contribution in [0.3, 0.4) is 0 Å². The Morgan fingerprint density at radius 3 is 2.52 bits per heavy atom. The molecule has 0 aliphatic rings. The van der Waals surface area contributed by atoms with Crippen LogP contribution in [-0.4, -0.2) is 25.9 Å². The molecule has 2 N–H and O–H groups in total. The molecule has 0 heterocycles. The van der Waals surface area contributed by atoms with Gasteiger partial charge in [-0.05, 0) is 73.4 Å². The van der Waals surface area contributed by atoms with Crippen molar-refractivity contribution < 1.29 is 9.47 Å². The van der Waals surface area contributed by atoms with Gasteiger partial charge < -0.3 is 20.1 Å². The minimum Gasteiger partial charge on any atom is -0.493 e. The first-order chi connectivity index (χ1) is 12.0. The molecule has 0 aromatic heterocycles. The highest BCUT2D eigenvalue weighted by Gasteiger charge is 2.05. The summed E-state index contributed by atoms with van der Waals surface area (Å²) in [6, 6.07) is 12.1. The number of hydrogen-bond acceptors (Lipinski definition) is 3. The van der Waals surface area contributed by atoms with Gasteiger partial charge in [-0.3, -0.25) is 0 Å². The molecule has 0 radical (unpaired) electrons. The van der Waals surface area contributed by atoms with Crippen LogP contribution in [0.4, 0.5) is 5.69 Å². The molecule has 4 nitrogen and oxygen atoms in total. The van der Waals surface area contributed by atoms with E-state index in [0.29, 0.717) is 5.11 Å². The summed E-state index contributed by atoms with van der Waals surface area (Å²) in [6.45, 7) is 2.85. The summed E-state index contributed by atoms with van der Waals surface area (Å²) in [7, 11) is 3.29. The predicted molar refractivity (Wildman–Crippen MR) is 111 cm³/mol. The highest BCUT2D eigenvalue weighted by atomic mass is 79.9. The van der Waals surface area contributed by atoms with Gasteiger partial charge in [0.1, 0.15) is 0 Å². The summed E-state index contributed by atoms with van der Waals surface area (Å²) < 4.78 is 11.7. The van der Waals surface area contributed by atoms with Gasteiger partial charge in [0.05, 0.1) is 14.2 Å². The number of halogens is 1. The first-order valence-corrected chi connectivity index (χ1v) is 9.25. The number of methoxy groups -OCH3 is 2. The number of benzene rings is 2. The van der Waals surface area contributed by atoms with E-state index in [0.717, 1.165) is 41.0 Å². The van der Waals surface area contributed by atoms with Crippen LogP contribution >= 0.6 is 28.1 Å². The molecule has 134 valence electrons. The summed E-state index contributed by atoms with van der Waals surface area (Å²) in [5.74, 6) is 1.51. The number of nitrogens with one attached hydrogen (secondary N) is 2. The molecule has 0 fully saturated rings. The Hall–Kier alpha value is -1.79. The zero-order chi connectivity index (χ0) is 18.2. The smallest absolute Gasteiger partial charge is 0.170 e. The number of aryl methyl sites for hydroxylation is 2. The van der Waals surface area contributed by atoms with E-state index in [1.807, 2.05) is 24.3 Å². The van der Waals surface area contributed by atoms with Crippen molar-refractivity contribution in [3.8, 4) is 11.5 Å². The van der Waals surface area contributed by atoms with Crippen molar-refractivity contribution >= 4 is 38.9 Å². The second-order valence-corrected chi connectivity index (χ2v) is 6.90. The molecule has 2 aromatic carbocycles. The fourth-order valence-electron chi connectivity index (χ4n) is 2.43. The molecule has 0 atom stereocenters. The van der Waals surface area contributed by atoms with Crippen molar-refractivity contribution in [2.45, 2.75) is 19.8 Å². The molecule has 0 aliphatic carbocycles. The fraction of sp³-hybridized carbons (Fsp3) is 0.316. The van der Waals surface area contributed by atoms with E-state index < -0.39 is 0 Å². The third-order valence-electron chi connectivity index (χ3n) is 3.79. The van der Waals surface area contributed by atoms with Gasteiger partial charge in [0.15, 0.2) is 16.6 Å². The van der Waals surface area contributed by atoms with Crippen LogP contribution in [0.25, 0.3) is 0 Å². The van der Waals surface area contributed by atoms with Crippen LogP contribution < -0.4 is 20.1 Å². The van der Waals surface area contributed by atoms with E-state index in [1.165, 1.54) is 11.1 Å². The van der Waals surface area contributed by atoms with Crippen molar-refractivity contribution in [2.75, 3.05) is 26.1 Å². The molecule has 2 aromatic rings. The van der Waals surface area contributed by atoms with Crippen LogP contribution in [0.5, 0.6) is 11.5 Å². The Morgan fingerprint density at radius 1 is 1.08 bits per heavy atom. The molecular weight excluding hydrogens is 400 g/mol. The maximum atomic E-state index is 5.34. The Morgan fingerprint density at radius 2 is 1.84 bits per heavy atom. The average molecular weight is 423 g/mol. The summed E-state index contributed by atoms with van der Waals surface area (Å²) in [5.41, 5.74) is 3.36. The number of thiocarbonyl (C=S) groups is 1. The van der Waals surface area contributed by atoms with E-state index in [2.05, 4.69) is 45.6 Å². The second kappa shape index (κ2) is 9.63. The fourth-order valence-corrected chi connectivity index (χ4v) is 2.89. The van der Waals surface area contributed by atoms with Crippen molar-refractivity contribution in [3.63, 3.8) is 0 Å². The molecule has 2 rings (SSSR count). The van der Waals surface area contributed by atoms with Crippen molar-refractivity contribution in [2.24, 2.45) is 0 Å². The molecule has 0 bridgehead atoms. The minimum absolute atomic E-state index is 0.633. The highest BCUT2D eigenvalue weighted by Crippen LogP contribution is 2.27. The van der Waals surface area contributed by atoms with Gasteiger partial charge in [-0.15, -0.1) is 0 Å². The normalized spacial score (nSPS) is 10.2. The van der Waals surface area contributed by atoms with Crippen molar-refractivity contribution in [3.05, 3.63) is 52.0 Å². The number of hydrogen-bond donors (Lipinski definition) is 2. The summed E-state index contributed by atoms with van der Waals surface area (Å²) in [6.07, 6.45) is 1.91. The summed E-state index contributed by atoms with van der Waals surface area (Å²) in [5, 5.41) is 7.08. The van der Waals surface area contributed by atoms with Crippen LogP contribution in [0.15, 0.2) is 40.9 Å².